The first-order valence-corrected chi connectivity index (χ1v) is 6.74. The number of ether oxygens (including phenoxy) is 1. The summed E-state index contributed by atoms with van der Waals surface area (Å²) < 4.78 is 5.58. The molecule has 0 saturated carbocycles. The Bertz CT molecular complexity index is 539. The molecule has 2 aromatic carbocycles. The molecule has 2 aromatic rings. The molecule has 0 aromatic heterocycles. The van der Waals surface area contributed by atoms with E-state index in [1.54, 1.807) is 7.11 Å². The van der Waals surface area contributed by atoms with Crippen LogP contribution in [0.15, 0.2) is 60.7 Å². The second-order valence-electron chi connectivity index (χ2n) is 4.66. The Morgan fingerprint density at radius 1 is 1.00 bits per heavy atom. The van der Waals surface area contributed by atoms with Crippen LogP contribution in [0.25, 0.3) is 0 Å². The van der Waals surface area contributed by atoms with Gasteiger partial charge in [-0.15, -0.1) is 0 Å². The van der Waals surface area contributed by atoms with Gasteiger partial charge < -0.3 is 10.1 Å². The number of ketones is 1. The number of carbonyl (C=O) groups is 1. The van der Waals surface area contributed by atoms with Gasteiger partial charge in [-0.1, -0.05) is 60.7 Å². The van der Waals surface area contributed by atoms with Gasteiger partial charge in [0.2, 0.25) is 5.78 Å². The third-order valence-corrected chi connectivity index (χ3v) is 3.43. The third-order valence-electron chi connectivity index (χ3n) is 3.43. The summed E-state index contributed by atoms with van der Waals surface area (Å²) in [6.07, 6.45) is -0.256. The molecule has 0 bridgehead atoms. The van der Waals surface area contributed by atoms with E-state index in [2.05, 4.69) is 0 Å². The number of rotatable bonds is 6. The summed E-state index contributed by atoms with van der Waals surface area (Å²) in [6, 6.07) is 18.9. The average molecular weight is 270 g/mol. The highest BCUT2D eigenvalue weighted by Gasteiger charge is 2.32. The van der Waals surface area contributed by atoms with E-state index >= 15 is 0 Å². The summed E-state index contributed by atoms with van der Waals surface area (Å²) in [4.78, 5) is 12.6. The van der Waals surface area contributed by atoms with Crippen molar-refractivity contribution in [2.75, 3.05) is 14.2 Å². The zero-order valence-corrected chi connectivity index (χ0v) is 11.8. The molecule has 0 unspecified atom stereocenters. The van der Waals surface area contributed by atoms with E-state index in [4.69, 9.17) is 4.74 Å². The Hall–Kier alpha value is -1.97. The maximum Gasteiger partial charge on any atom is 0.222 e. The van der Waals surface area contributed by atoms with Gasteiger partial charge in [0.05, 0.1) is 7.05 Å². The standard InChI is InChI=1S/C17H19NO2/c1-18-15(16(19)13-9-5-3-6-10-13)17(20-2)14-11-7-4-8-12-14/h3-12,15,17-18H,1-2H3/p+1/t15-,17+/m1/s1. The maximum atomic E-state index is 12.6. The Morgan fingerprint density at radius 2 is 1.55 bits per heavy atom. The number of hydrogen-bond donors (Lipinski definition) is 1. The zero-order valence-electron chi connectivity index (χ0n) is 11.8. The van der Waals surface area contributed by atoms with Crippen LogP contribution in [0, 0.1) is 0 Å². The SMILES string of the molecule is C[NH2+][C@H](C(=O)c1ccccc1)[C@@H](OC)c1ccccc1. The van der Waals surface area contributed by atoms with Crippen LogP contribution in [0.5, 0.6) is 0 Å². The van der Waals surface area contributed by atoms with Crippen LogP contribution in [0.3, 0.4) is 0 Å². The fourth-order valence-electron chi connectivity index (χ4n) is 2.39. The average Bonchev–Trinajstić information content (AvgIpc) is 2.53. The highest BCUT2D eigenvalue weighted by Crippen LogP contribution is 2.21. The number of methoxy groups -OCH3 is 1. The minimum absolute atomic E-state index is 0.0869. The summed E-state index contributed by atoms with van der Waals surface area (Å²) in [7, 11) is 3.55. The zero-order chi connectivity index (χ0) is 14.4. The van der Waals surface area contributed by atoms with Gasteiger partial charge in [0, 0.05) is 12.7 Å². The Balaban J connectivity index is 2.29. The largest absolute Gasteiger partial charge is 0.370 e. The van der Waals surface area contributed by atoms with Crippen LogP contribution in [0.1, 0.15) is 22.0 Å². The lowest BCUT2D eigenvalue weighted by atomic mass is 9.95. The van der Waals surface area contributed by atoms with Crippen LogP contribution < -0.4 is 5.32 Å². The molecule has 0 fully saturated rings. The number of benzene rings is 2. The van der Waals surface area contributed by atoms with E-state index in [1.165, 1.54) is 0 Å². The number of hydrogen-bond acceptors (Lipinski definition) is 2. The molecule has 0 amide bonds. The minimum atomic E-state index is -0.287. The molecule has 0 heterocycles. The lowest BCUT2D eigenvalue weighted by Gasteiger charge is -2.22. The summed E-state index contributed by atoms with van der Waals surface area (Å²) in [6.45, 7) is 0. The van der Waals surface area contributed by atoms with Gasteiger partial charge in [-0.05, 0) is 5.56 Å². The molecule has 3 heteroatoms. The molecule has 0 aliphatic heterocycles. The predicted molar refractivity (Wildman–Crippen MR) is 78.6 cm³/mol. The fourth-order valence-corrected chi connectivity index (χ4v) is 2.39. The highest BCUT2D eigenvalue weighted by molar-refractivity contribution is 5.99. The van der Waals surface area contributed by atoms with E-state index in [9.17, 15) is 4.79 Å². The van der Waals surface area contributed by atoms with Crippen molar-refractivity contribution in [1.29, 1.82) is 0 Å². The molecular weight excluding hydrogens is 250 g/mol. The number of carbonyl (C=O) groups excluding carboxylic acids is 1. The highest BCUT2D eigenvalue weighted by atomic mass is 16.5. The van der Waals surface area contributed by atoms with Gasteiger partial charge in [0.15, 0.2) is 6.04 Å². The van der Waals surface area contributed by atoms with Crippen molar-refractivity contribution in [1.82, 2.24) is 0 Å². The molecule has 0 saturated heterocycles. The second-order valence-corrected chi connectivity index (χ2v) is 4.66. The van der Waals surface area contributed by atoms with E-state index in [1.807, 2.05) is 73.0 Å². The van der Waals surface area contributed by atoms with E-state index in [-0.39, 0.29) is 17.9 Å². The molecule has 0 aliphatic rings. The van der Waals surface area contributed by atoms with Crippen LogP contribution in [-0.4, -0.2) is 26.0 Å². The molecule has 3 nitrogen and oxygen atoms in total. The van der Waals surface area contributed by atoms with Crippen molar-refractivity contribution >= 4 is 5.78 Å². The molecule has 2 rings (SSSR count). The Kier molecular flexibility index (Phi) is 5.04. The molecule has 0 aliphatic carbocycles. The van der Waals surface area contributed by atoms with Gasteiger partial charge in [-0.2, -0.15) is 0 Å². The quantitative estimate of drug-likeness (QED) is 0.814. The molecule has 2 N–H and O–H groups in total. The lowest BCUT2D eigenvalue weighted by Crippen LogP contribution is -2.89. The van der Waals surface area contributed by atoms with Crippen molar-refractivity contribution < 1.29 is 14.8 Å². The first-order valence-electron chi connectivity index (χ1n) is 6.74. The normalized spacial score (nSPS) is 13.7. The first kappa shape index (κ1) is 14.4. The van der Waals surface area contributed by atoms with E-state index < -0.39 is 0 Å². The maximum absolute atomic E-state index is 12.6. The smallest absolute Gasteiger partial charge is 0.222 e. The van der Waals surface area contributed by atoms with Crippen molar-refractivity contribution in [3.05, 3.63) is 71.8 Å². The van der Waals surface area contributed by atoms with Gasteiger partial charge in [-0.25, -0.2) is 0 Å². The molecule has 0 spiro atoms. The second kappa shape index (κ2) is 6.98. The number of likely N-dealkylation sites (N-methyl/N-ethyl adjacent to an activating group) is 1. The molecule has 0 radical (unpaired) electrons. The van der Waals surface area contributed by atoms with E-state index in [0.29, 0.717) is 5.56 Å². The van der Waals surface area contributed by atoms with Crippen LogP contribution >= 0.6 is 0 Å². The van der Waals surface area contributed by atoms with Crippen molar-refractivity contribution in [2.24, 2.45) is 0 Å². The molecule has 2 atom stereocenters. The topological polar surface area (TPSA) is 42.9 Å². The van der Waals surface area contributed by atoms with Crippen molar-refractivity contribution in [2.45, 2.75) is 12.1 Å². The summed E-state index contributed by atoms with van der Waals surface area (Å²) in [5.74, 6) is 0.0869. The minimum Gasteiger partial charge on any atom is -0.370 e. The number of quaternary nitrogens is 1. The predicted octanol–water partition coefficient (Wildman–Crippen LogP) is 1.82. The number of nitrogens with two attached hydrogens (primary N) is 1. The first-order chi connectivity index (χ1) is 9.77. The van der Waals surface area contributed by atoms with Crippen molar-refractivity contribution in [3.63, 3.8) is 0 Å². The Labute approximate surface area is 119 Å². The summed E-state index contributed by atoms with van der Waals surface area (Å²) in [5.41, 5.74) is 1.73. The van der Waals surface area contributed by atoms with Gasteiger partial charge in [0.1, 0.15) is 6.10 Å². The summed E-state index contributed by atoms with van der Waals surface area (Å²) in [5, 5.41) is 1.91. The summed E-state index contributed by atoms with van der Waals surface area (Å²) >= 11 is 0. The van der Waals surface area contributed by atoms with Crippen LogP contribution in [0.2, 0.25) is 0 Å². The van der Waals surface area contributed by atoms with Gasteiger partial charge in [-0.3, -0.25) is 4.79 Å². The monoisotopic (exact) mass is 270 g/mol. The molecular formula is C17H20NO2+. The van der Waals surface area contributed by atoms with Gasteiger partial charge in [0.25, 0.3) is 0 Å². The van der Waals surface area contributed by atoms with Crippen LogP contribution in [0.4, 0.5) is 0 Å². The third kappa shape index (κ3) is 3.13. The van der Waals surface area contributed by atoms with E-state index in [0.717, 1.165) is 5.56 Å². The molecule has 104 valence electrons. The van der Waals surface area contributed by atoms with Crippen molar-refractivity contribution in [3.8, 4) is 0 Å². The number of Topliss-reactive ketones (excluding diaryl/α,β-unsaturated/α-hetero) is 1. The Morgan fingerprint density at radius 3 is 2.05 bits per heavy atom. The van der Waals surface area contributed by atoms with Crippen LogP contribution in [-0.2, 0) is 4.74 Å². The van der Waals surface area contributed by atoms with Gasteiger partial charge >= 0.3 is 0 Å². The fraction of sp³-hybridized carbons (Fsp3) is 0.235. The molecule has 20 heavy (non-hydrogen) atoms. The lowest BCUT2D eigenvalue weighted by molar-refractivity contribution is -0.657.